The summed E-state index contributed by atoms with van der Waals surface area (Å²) < 4.78 is 0. The number of nitrogens with two attached hydrogens (primary N) is 1. The van der Waals surface area contributed by atoms with Gasteiger partial charge in [0.05, 0.1) is 5.56 Å². The summed E-state index contributed by atoms with van der Waals surface area (Å²) in [4.78, 5) is 16.9. The lowest BCUT2D eigenvalue weighted by atomic mass is 9.94. The van der Waals surface area contributed by atoms with Gasteiger partial charge in [-0.3, -0.25) is 4.79 Å². The molecule has 1 aromatic rings. The Morgan fingerprint density at radius 1 is 1.43 bits per heavy atom. The van der Waals surface area contributed by atoms with Crippen LogP contribution in [0.25, 0.3) is 0 Å². The van der Waals surface area contributed by atoms with E-state index in [1.165, 1.54) is 0 Å². The molecule has 0 aromatic heterocycles. The monoisotopic (exact) mass is 290 g/mol. The van der Waals surface area contributed by atoms with Gasteiger partial charge < -0.3 is 20.9 Å². The highest BCUT2D eigenvalue weighted by Crippen LogP contribution is 2.23. The quantitative estimate of drug-likeness (QED) is 0.826. The number of amides is 1. The maximum atomic E-state index is 12.6. The fourth-order valence-corrected chi connectivity index (χ4v) is 2.94. The molecular formula is C16H26N4O. The minimum absolute atomic E-state index is 0.0348. The van der Waals surface area contributed by atoms with Gasteiger partial charge in [-0.2, -0.15) is 0 Å². The molecule has 0 aliphatic carbocycles. The van der Waals surface area contributed by atoms with Gasteiger partial charge in [-0.25, -0.2) is 0 Å². The lowest BCUT2D eigenvalue weighted by Crippen LogP contribution is -2.49. The summed E-state index contributed by atoms with van der Waals surface area (Å²) >= 11 is 0. The highest BCUT2D eigenvalue weighted by molar-refractivity contribution is 6.00. The van der Waals surface area contributed by atoms with E-state index in [2.05, 4.69) is 24.2 Å². The van der Waals surface area contributed by atoms with Gasteiger partial charge in [0.1, 0.15) is 0 Å². The molecule has 1 amide bonds. The van der Waals surface area contributed by atoms with Crippen LogP contribution in [0.2, 0.25) is 0 Å². The zero-order chi connectivity index (χ0) is 15.6. The molecule has 1 fully saturated rings. The van der Waals surface area contributed by atoms with E-state index in [1.807, 2.05) is 31.1 Å². The SMILES string of the molecule is CC1CN(C)CCC1NC(=O)c1cc(N)ccc1N(C)C. The summed E-state index contributed by atoms with van der Waals surface area (Å²) in [5, 5.41) is 3.18. The number of rotatable bonds is 3. The van der Waals surface area contributed by atoms with Crippen molar-refractivity contribution in [2.75, 3.05) is 44.9 Å². The Balaban J connectivity index is 2.15. The molecular weight excluding hydrogens is 264 g/mol. The Bertz CT molecular complexity index is 515. The molecule has 21 heavy (non-hydrogen) atoms. The van der Waals surface area contributed by atoms with Crippen LogP contribution in [0.15, 0.2) is 18.2 Å². The van der Waals surface area contributed by atoms with Gasteiger partial charge in [-0.1, -0.05) is 6.92 Å². The highest BCUT2D eigenvalue weighted by Gasteiger charge is 2.26. The molecule has 3 N–H and O–H groups in total. The zero-order valence-corrected chi connectivity index (χ0v) is 13.4. The van der Waals surface area contributed by atoms with Crippen LogP contribution in [-0.4, -0.2) is 51.1 Å². The van der Waals surface area contributed by atoms with Crippen LogP contribution in [0.5, 0.6) is 0 Å². The number of nitrogens with one attached hydrogen (secondary N) is 1. The van der Waals surface area contributed by atoms with Crippen LogP contribution in [0.3, 0.4) is 0 Å². The normalized spacial score (nSPS) is 22.9. The van der Waals surface area contributed by atoms with Crippen molar-refractivity contribution in [1.82, 2.24) is 10.2 Å². The maximum absolute atomic E-state index is 12.6. The van der Waals surface area contributed by atoms with E-state index < -0.39 is 0 Å². The number of piperidine rings is 1. The predicted molar refractivity (Wildman–Crippen MR) is 87.7 cm³/mol. The number of hydrogen-bond donors (Lipinski definition) is 2. The Hall–Kier alpha value is -1.75. The van der Waals surface area contributed by atoms with Gasteiger partial charge >= 0.3 is 0 Å². The maximum Gasteiger partial charge on any atom is 0.253 e. The van der Waals surface area contributed by atoms with Crippen molar-refractivity contribution in [3.8, 4) is 0 Å². The third kappa shape index (κ3) is 3.67. The largest absolute Gasteiger partial charge is 0.399 e. The topological polar surface area (TPSA) is 61.6 Å². The standard InChI is InChI=1S/C16H26N4O/c1-11-10-20(4)8-7-14(11)18-16(21)13-9-12(17)5-6-15(13)19(2)3/h5-6,9,11,14H,7-8,10,17H2,1-4H3,(H,18,21). The molecule has 2 unspecified atom stereocenters. The summed E-state index contributed by atoms with van der Waals surface area (Å²) in [5.41, 5.74) is 7.99. The average molecular weight is 290 g/mol. The molecule has 0 saturated carbocycles. The number of likely N-dealkylation sites (tertiary alicyclic amines) is 1. The number of nitrogen functional groups attached to an aromatic ring is 1. The highest BCUT2D eigenvalue weighted by atomic mass is 16.1. The summed E-state index contributed by atoms with van der Waals surface area (Å²) in [7, 11) is 5.98. The molecule has 1 aliphatic heterocycles. The number of anilines is 2. The van der Waals surface area contributed by atoms with Crippen LogP contribution in [0, 0.1) is 5.92 Å². The minimum atomic E-state index is -0.0348. The van der Waals surface area contributed by atoms with Crippen molar-refractivity contribution in [1.29, 1.82) is 0 Å². The van der Waals surface area contributed by atoms with E-state index in [4.69, 9.17) is 5.73 Å². The Kier molecular flexibility index (Phi) is 4.73. The Morgan fingerprint density at radius 2 is 2.14 bits per heavy atom. The van der Waals surface area contributed by atoms with Crippen LogP contribution in [-0.2, 0) is 0 Å². The molecule has 1 saturated heterocycles. The summed E-state index contributed by atoms with van der Waals surface area (Å²) in [6, 6.07) is 5.70. The van der Waals surface area contributed by atoms with Crippen molar-refractivity contribution in [3.05, 3.63) is 23.8 Å². The van der Waals surface area contributed by atoms with Crippen LogP contribution < -0.4 is 16.0 Å². The second kappa shape index (κ2) is 6.35. The van der Waals surface area contributed by atoms with Gasteiger partial charge in [-0.15, -0.1) is 0 Å². The lowest BCUT2D eigenvalue weighted by Gasteiger charge is -2.35. The van der Waals surface area contributed by atoms with Crippen molar-refractivity contribution >= 4 is 17.3 Å². The molecule has 2 rings (SSSR count). The second-order valence-electron chi connectivity index (χ2n) is 6.28. The molecule has 0 radical (unpaired) electrons. The van der Waals surface area contributed by atoms with E-state index in [1.54, 1.807) is 6.07 Å². The van der Waals surface area contributed by atoms with Crippen molar-refractivity contribution in [2.45, 2.75) is 19.4 Å². The van der Waals surface area contributed by atoms with Gasteiger partial charge in [-0.05, 0) is 44.1 Å². The predicted octanol–water partition coefficient (Wildman–Crippen LogP) is 1.40. The first-order valence-electron chi connectivity index (χ1n) is 7.44. The molecule has 0 spiro atoms. The van der Waals surface area contributed by atoms with Gasteiger partial charge in [0.2, 0.25) is 0 Å². The molecule has 0 bridgehead atoms. The van der Waals surface area contributed by atoms with Gasteiger partial charge in [0.25, 0.3) is 5.91 Å². The molecule has 1 heterocycles. The molecule has 5 heteroatoms. The first kappa shape index (κ1) is 15.6. The fourth-order valence-electron chi connectivity index (χ4n) is 2.94. The minimum Gasteiger partial charge on any atom is -0.399 e. The third-order valence-corrected chi connectivity index (χ3v) is 4.17. The average Bonchev–Trinajstić information content (AvgIpc) is 2.41. The van der Waals surface area contributed by atoms with Gasteiger partial charge in [0.15, 0.2) is 0 Å². The summed E-state index contributed by atoms with van der Waals surface area (Å²) in [6.45, 7) is 4.22. The Labute approximate surface area is 127 Å². The number of nitrogens with zero attached hydrogens (tertiary/aromatic N) is 2. The summed E-state index contributed by atoms with van der Waals surface area (Å²) in [5.74, 6) is 0.420. The van der Waals surface area contributed by atoms with E-state index in [9.17, 15) is 4.79 Å². The van der Waals surface area contributed by atoms with Gasteiger partial charge in [0, 0.05) is 38.1 Å². The number of hydrogen-bond acceptors (Lipinski definition) is 4. The van der Waals surface area contributed by atoms with Crippen molar-refractivity contribution in [3.63, 3.8) is 0 Å². The molecule has 1 aromatic carbocycles. The smallest absolute Gasteiger partial charge is 0.253 e. The lowest BCUT2D eigenvalue weighted by molar-refractivity contribution is 0.0884. The second-order valence-corrected chi connectivity index (χ2v) is 6.28. The molecule has 116 valence electrons. The fraction of sp³-hybridized carbons (Fsp3) is 0.562. The van der Waals surface area contributed by atoms with E-state index in [0.717, 1.165) is 25.2 Å². The van der Waals surface area contributed by atoms with Crippen LogP contribution >= 0.6 is 0 Å². The summed E-state index contributed by atoms with van der Waals surface area (Å²) in [6.07, 6.45) is 0.989. The third-order valence-electron chi connectivity index (χ3n) is 4.17. The molecule has 1 aliphatic rings. The Morgan fingerprint density at radius 3 is 2.76 bits per heavy atom. The van der Waals surface area contributed by atoms with E-state index in [0.29, 0.717) is 17.2 Å². The van der Waals surface area contributed by atoms with E-state index in [-0.39, 0.29) is 11.9 Å². The van der Waals surface area contributed by atoms with Crippen molar-refractivity contribution in [2.24, 2.45) is 5.92 Å². The number of carbonyl (C=O) groups excluding carboxylic acids is 1. The van der Waals surface area contributed by atoms with Crippen LogP contribution in [0.4, 0.5) is 11.4 Å². The molecule has 2 atom stereocenters. The molecule has 5 nitrogen and oxygen atoms in total. The van der Waals surface area contributed by atoms with E-state index >= 15 is 0 Å². The number of carbonyl (C=O) groups is 1. The number of benzene rings is 1. The van der Waals surface area contributed by atoms with Crippen LogP contribution in [0.1, 0.15) is 23.7 Å². The first-order valence-corrected chi connectivity index (χ1v) is 7.44. The first-order chi connectivity index (χ1) is 9.88. The zero-order valence-electron chi connectivity index (χ0n) is 13.4. The van der Waals surface area contributed by atoms with Crippen molar-refractivity contribution < 1.29 is 4.79 Å².